The molecule has 2 rings (SSSR count). The minimum Gasteiger partial charge on any atom is -0.369 e. The zero-order valence-electron chi connectivity index (χ0n) is 13.4. The second kappa shape index (κ2) is 6.91. The van der Waals surface area contributed by atoms with E-state index in [1.54, 1.807) is 24.3 Å². The fourth-order valence-corrected chi connectivity index (χ4v) is 3.33. The Hall–Kier alpha value is -1.55. The van der Waals surface area contributed by atoms with Gasteiger partial charge in [0.1, 0.15) is 5.54 Å². The minimum absolute atomic E-state index is 0.0954. The average molecular weight is 432 g/mol. The topological polar surface area (TPSA) is 99.2 Å². The molecule has 3 N–H and O–H groups in total. The summed E-state index contributed by atoms with van der Waals surface area (Å²) in [4.78, 5) is 18.5. The molecule has 1 aromatic rings. The third kappa shape index (κ3) is 3.86. The maximum absolute atomic E-state index is 12.6. The molecule has 1 heterocycles. The molecule has 8 heteroatoms. The molecule has 126 valence electrons. The van der Waals surface area contributed by atoms with Crippen LogP contribution in [0.2, 0.25) is 0 Å². The number of aliphatic imine (C=N–C) groups is 1. The summed E-state index contributed by atoms with van der Waals surface area (Å²) in [6, 6.07) is 6.82. The first-order valence-corrected chi connectivity index (χ1v) is 9.14. The molecule has 0 bridgehead atoms. The summed E-state index contributed by atoms with van der Waals surface area (Å²) < 4.78 is 11.5. The third-order valence-electron chi connectivity index (χ3n) is 3.70. The molecule has 0 spiro atoms. The zero-order chi connectivity index (χ0) is 17.2. The molecular weight excluding hydrogens is 411 g/mol. The Morgan fingerprint density at radius 2 is 2.00 bits per heavy atom. The lowest BCUT2D eigenvalue weighted by Crippen LogP contribution is -2.43. The summed E-state index contributed by atoms with van der Waals surface area (Å²) in [6.07, 6.45) is 0.647. The predicted molar refractivity (Wildman–Crippen MR) is 95.4 cm³/mol. The Bertz CT molecular complexity index is 632. The molecule has 1 amide bonds. The van der Waals surface area contributed by atoms with E-state index in [4.69, 9.17) is 5.73 Å². The lowest BCUT2D eigenvalue weighted by molar-refractivity contribution is -0.131. The molecule has 1 atom stereocenters. The van der Waals surface area contributed by atoms with Gasteiger partial charge in [0.2, 0.25) is 0 Å². The van der Waals surface area contributed by atoms with E-state index in [0.29, 0.717) is 24.6 Å². The first-order chi connectivity index (χ1) is 10.8. The van der Waals surface area contributed by atoms with Crippen LogP contribution in [0.15, 0.2) is 29.3 Å². The van der Waals surface area contributed by atoms with Crippen molar-refractivity contribution in [3.63, 3.8) is 0 Å². The van der Waals surface area contributed by atoms with Gasteiger partial charge in [0.15, 0.2) is 5.96 Å². The van der Waals surface area contributed by atoms with Crippen molar-refractivity contribution in [1.82, 2.24) is 4.90 Å². The van der Waals surface area contributed by atoms with E-state index in [9.17, 15) is 13.1 Å². The molecule has 0 aromatic heterocycles. The molecule has 1 aromatic carbocycles. The van der Waals surface area contributed by atoms with Crippen molar-refractivity contribution in [2.45, 2.75) is 39.3 Å². The fraction of sp³-hybridized carbons (Fsp3) is 0.467. The van der Waals surface area contributed by atoms with Crippen molar-refractivity contribution < 1.29 is 13.1 Å². The lowest BCUT2D eigenvalue weighted by atomic mass is 9.91. The number of carbonyl (C=O) groups excluding carboxylic acids is 1. The van der Waals surface area contributed by atoms with Crippen LogP contribution >= 0.6 is 21.5 Å². The number of hydrogen-bond donors (Lipinski definition) is 2. The number of carbonyl (C=O) groups is 1. The number of amides is 1. The highest BCUT2D eigenvalue weighted by molar-refractivity contribution is 14.1. The summed E-state index contributed by atoms with van der Waals surface area (Å²) in [5.41, 5.74) is 6.45. The summed E-state index contributed by atoms with van der Waals surface area (Å²) in [7, 11) is 0. The van der Waals surface area contributed by atoms with E-state index in [-0.39, 0.29) is 11.9 Å². The first-order valence-electron chi connectivity index (χ1n) is 7.29. The standard InChI is InChI=1S/C15H21IN4O3/c1-10(2)8-15(3)13(21)19(14(17)18-15)9-11-4-6-12(7-5-11)20(23)16-22/h4-7,10,23H,8-9H2,1-3H3,(H2,17,18). The number of benzene rings is 1. The summed E-state index contributed by atoms with van der Waals surface area (Å²) in [5, 5.41) is 9.41. The summed E-state index contributed by atoms with van der Waals surface area (Å²) >= 11 is -1.66. The molecule has 1 unspecified atom stereocenters. The number of halogens is 1. The number of anilines is 1. The van der Waals surface area contributed by atoms with Gasteiger partial charge in [-0.1, -0.05) is 26.0 Å². The predicted octanol–water partition coefficient (Wildman–Crippen LogP) is 2.58. The van der Waals surface area contributed by atoms with Crippen LogP contribution in [-0.4, -0.2) is 27.5 Å². The smallest absolute Gasteiger partial charge is 0.300 e. The number of nitrogens with zero attached hydrogens (tertiary/aromatic N) is 3. The van der Waals surface area contributed by atoms with Crippen LogP contribution in [0.25, 0.3) is 0 Å². The maximum atomic E-state index is 12.6. The van der Waals surface area contributed by atoms with E-state index < -0.39 is 27.0 Å². The van der Waals surface area contributed by atoms with Crippen LogP contribution in [0.5, 0.6) is 0 Å². The molecule has 0 saturated carbocycles. The van der Waals surface area contributed by atoms with Gasteiger partial charge in [-0.3, -0.25) is 14.9 Å². The SMILES string of the molecule is CC(C)CC1(C)N=C(N)N(Cc2ccc(N(O)I=O)cc2)C1=O. The van der Waals surface area contributed by atoms with Gasteiger partial charge in [0.25, 0.3) is 27.4 Å². The molecule has 1 aliphatic heterocycles. The van der Waals surface area contributed by atoms with Crippen LogP contribution in [0.3, 0.4) is 0 Å². The van der Waals surface area contributed by atoms with Gasteiger partial charge in [0.05, 0.1) is 12.2 Å². The van der Waals surface area contributed by atoms with Crippen LogP contribution in [0.1, 0.15) is 32.8 Å². The van der Waals surface area contributed by atoms with Gasteiger partial charge in [0, 0.05) is 0 Å². The van der Waals surface area contributed by atoms with Crippen molar-refractivity contribution in [2.75, 3.05) is 3.28 Å². The maximum Gasteiger partial charge on any atom is 0.300 e. The number of hydrogen-bond acceptors (Lipinski definition) is 5. The number of nitrogens with two attached hydrogens (primary N) is 1. The van der Waals surface area contributed by atoms with E-state index in [0.717, 1.165) is 8.84 Å². The lowest BCUT2D eigenvalue weighted by Gasteiger charge is -2.23. The second-order valence-electron chi connectivity index (χ2n) is 6.23. The molecule has 7 nitrogen and oxygen atoms in total. The first kappa shape index (κ1) is 17.8. The van der Waals surface area contributed by atoms with Crippen molar-refractivity contribution in [2.24, 2.45) is 16.6 Å². The highest BCUT2D eigenvalue weighted by Crippen LogP contribution is 2.29. The Kier molecular flexibility index (Phi) is 5.35. The molecule has 0 saturated heterocycles. The molecule has 1 aliphatic rings. The third-order valence-corrected chi connectivity index (χ3v) is 4.64. The van der Waals surface area contributed by atoms with Crippen LogP contribution in [0.4, 0.5) is 5.69 Å². The van der Waals surface area contributed by atoms with E-state index in [1.165, 1.54) is 4.90 Å². The second-order valence-corrected chi connectivity index (χ2v) is 7.54. The molecule has 0 radical (unpaired) electrons. The molecule has 0 fully saturated rings. The minimum atomic E-state index is -1.66. The Balaban J connectivity index is 2.13. The van der Waals surface area contributed by atoms with Crippen molar-refractivity contribution >= 4 is 39.0 Å². The normalized spacial score (nSPS) is 21.0. The van der Waals surface area contributed by atoms with Crippen molar-refractivity contribution in [1.29, 1.82) is 0 Å². The largest absolute Gasteiger partial charge is 0.369 e. The molecule has 23 heavy (non-hydrogen) atoms. The van der Waals surface area contributed by atoms with Gasteiger partial charge in [-0.25, -0.2) is 8.06 Å². The van der Waals surface area contributed by atoms with Gasteiger partial charge in [-0.15, -0.1) is 0 Å². The Labute approximate surface area is 146 Å². The Morgan fingerprint density at radius 1 is 1.39 bits per heavy atom. The highest BCUT2D eigenvalue weighted by atomic mass is 127. The molecular formula is C15H21IN4O3. The summed E-state index contributed by atoms with van der Waals surface area (Å²) in [5.74, 6) is 0.476. The average Bonchev–Trinajstić information content (AvgIpc) is 2.69. The van der Waals surface area contributed by atoms with Crippen LogP contribution < -0.4 is 9.01 Å². The van der Waals surface area contributed by atoms with Crippen molar-refractivity contribution in [3.05, 3.63) is 29.8 Å². The monoisotopic (exact) mass is 432 g/mol. The summed E-state index contributed by atoms with van der Waals surface area (Å²) in [6.45, 7) is 6.22. The highest BCUT2D eigenvalue weighted by Gasteiger charge is 2.43. The molecule has 0 aliphatic carbocycles. The van der Waals surface area contributed by atoms with E-state index in [2.05, 4.69) is 4.99 Å². The van der Waals surface area contributed by atoms with Gasteiger partial charge >= 0.3 is 0 Å². The van der Waals surface area contributed by atoms with Gasteiger partial charge in [-0.05, 0) is 37.0 Å². The van der Waals surface area contributed by atoms with Crippen LogP contribution in [0, 0.1) is 5.92 Å². The van der Waals surface area contributed by atoms with Gasteiger partial charge in [-0.2, -0.15) is 3.28 Å². The van der Waals surface area contributed by atoms with E-state index >= 15 is 0 Å². The van der Waals surface area contributed by atoms with E-state index in [1.807, 2.05) is 20.8 Å². The number of guanidine groups is 1. The van der Waals surface area contributed by atoms with Gasteiger partial charge < -0.3 is 5.73 Å². The number of rotatable bonds is 6. The quantitative estimate of drug-likeness (QED) is 0.409. The Morgan fingerprint density at radius 3 is 2.52 bits per heavy atom. The van der Waals surface area contributed by atoms with Crippen molar-refractivity contribution in [3.8, 4) is 0 Å². The van der Waals surface area contributed by atoms with Crippen LogP contribution in [-0.2, 0) is 14.4 Å². The zero-order valence-corrected chi connectivity index (χ0v) is 15.5. The fourth-order valence-electron chi connectivity index (χ4n) is 2.78.